The summed E-state index contributed by atoms with van der Waals surface area (Å²) < 4.78 is 5.48. The molecule has 0 unspecified atom stereocenters. The van der Waals surface area contributed by atoms with Crippen LogP contribution in [0.3, 0.4) is 0 Å². The third-order valence-electron chi connectivity index (χ3n) is 3.92. The Labute approximate surface area is 126 Å². The van der Waals surface area contributed by atoms with E-state index in [-0.39, 0.29) is 5.91 Å². The SMILES string of the molecule is Cc1ccc(C(C)(C)C(=O)NCc2cc(C)oc2C)cc1. The van der Waals surface area contributed by atoms with E-state index >= 15 is 0 Å². The van der Waals surface area contributed by atoms with Crippen molar-refractivity contribution in [1.82, 2.24) is 5.32 Å². The quantitative estimate of drug-likeness (QED) is 0.928. The first-order valence-electron chi connectivity index (χ1n) is 7.22. The topological polar surface area (TPSA) is 42.2 Å². The predicted molar refractivity (Wildman–Crippen MR) is 84.2 cm³/mol. The van der Waals surface area contributed by atoms with E-state index in [0.29, 0.717) is 6.54 Å². The van der Waals surface area contributed by atoms with Gasteiger partial charge in [-0.1, -0.05) is 29.8 Å². The van der Waals surface area contributed by atoms with Crippen molar-refractivity contribution in [3.8, 4) is 0 Å². The van der Waals surface area contributed by atoms with E-state index in [1.54, 1.807) is 0 Å². The highest BCUT2D eigenvalue weighted by Crippen LogP contribution is 2.24. The fraction of sp³-hybridized carbons (Fsp3) is 0.389. The summed E-state index contributed by atoms with van der Waals surface area (Å²) in [6.07, 6.45) is 0. The number of hydrogen-bond donors (Lipinski definition) is 1. The highest BCUT2D eigenvalue weighted by Gasteiger charge is 2.29. The summed E-state index contributed by atoms with van der Waals surface area (Å²) in [5.41, 5.74) is 2.69. The Morgan fingerprint density at radius 2 is 1.76 bits per heavy atom. The first-order valence-corrected chi connectivity index (χ1v) is 7.22. The first kappa shape index (κ1) is 15.4. The second-order valence-electron chi connectivity index (χ2n) is 6.11. The van der Waals surface area contributed by atoms with Crippen molar-refractivity contribution in [3.63, 3.8) is 0 Å². The van der Waals surface area contributed by atoms with Gasteiger partial charge in [-0.25, -0.2) is 0 Å². The number of hydrogen-bond acceptors (Lipinski definition) is 2. The molecule has 0 radical (unpaired) electrons. The Bertz CT molecular complexity index is 636. The van der Waals surface area contributed by atoms with Gasteiger partial charge in [0.15, 0.2) is 0 Å². The normalized spacial score (nSPS) is 11.5. The van der Waals surface area contributed by atoms with Crippen molar-refractivity contribution >= 4 is 5.91 Å². The minimum Gasteiger partial charge on any atom is -0.466 e. The molecule has 1 aromatic heterocycles. The van der Waals surface area contributed by atoms with Crippen LogP contribution >= 0.6 is 0 Å². The van der Waals surface area contributed by atoms with Gasteiger partial charge < -0.3 is 9.73 Å². The molecule has 0 spiro atoms. The molecule has 0 saturated heterocycles. The fourth-order valence-electron chi connectivity index (χ4n) is 2.36. The van der Waals surface area contributed by atoms with Crippen LogP contribution in [0.15, 0.2) is 34.7 Å². The molecule has 3 heteroatoms. The molecule has 0 atom stereocenters. The molecule has 2 aromatic rings. The first-order chi connectivity index (χ1) is 9.80. The summed E-state index contributed by atoms with van der Waals surface area (Å²) >= 11 is 0. The van der Waals surface area contributed by atoms with E-state index in [1.165, 1.54) is 5.56 Å². The van der Waals surface area contributed by atoms with Crippen molar-refractivity contribution in [2.24, 2.45) is 0 Å². The highest BCUT2D eigenvalue weighted by molar-refractivity contribution is 5.87. The maximum absolute atomic E-state index is 12.5. The highest BCUT2D eigenvalue weighted by atomic mass is 16.3. The Hall–Kier alpha value is -2.03. The number of furan rings is 1. The van der Waals surface area contributed by atoms with E-state index in [9.17, 15) is 4.79 Å². The van der Waals surface area contributed by atoms with Gasteiger partial charge in [0, 0.05) is 12.1 Å². The summed E-state index contributed by atoms with van der Waals surface area (Å²) in [7, 11) is 0. The van der Waals surface area contributed by atoms with Crippen LogP contribution in [-0.4, -0.2) is 5.91 Å². The zero-order chi connectivity index (χ0) is 15.6. The molecule has 0 aliphatic heterocycles. The van der Waals surface area contributed by atoms with Gasteiger partial charge in [-0.05, 0) is 46.2 Å². The second kappa shape index (κ2) is 5.76. The number of aryl methyl sites for hydroxylation is 3. The van der Waals surface area contributed by atoms with Gasteiger partial charge in [-0.15, -0.1) is 0 Å². The average Bonchev–Trinajstić information content (AvgIpc) is 2.74. The molecular formula is C18H23NO2. The van der Waals surface area contributed by atoms with Crippen LogP contribution in [0.1, 0.15) is 42.1 Å². The molecule has 0 fully saturated rings. The lowest BCUT2D eigenvalue weighted by Crippen LogP contribution is -2.39. The molecule has 1 aromatic carbocycles. The minimum atomic E-state index is -0.555. The van der Waals surface area contributed by atoms with E-state index in [1.807, 2.05) is 65.0 Å². The third kappa shape index (κ3) is 3.35. The van der Waals surface area contributed by atoms with Crippen molar-refractivity contribution in [3.05, 3.63) is 58.5 Å². The maximum Gasteiger partial charge on any atom is 0.230 e. The molecule has 1 heterocycles. The number of carbonyl (C=O) groups is 1. The average molecular weight is 285 g/mol. The van der Waals surface area contributed by atoms with Crippen LogP contribution in [-0.2, 0) is 16.8 Å². The lowest BCUT2D eigenvalue weighted by atomic mass is 9.83. The largest absolute Gasteiger partial charge is 0.466 e. The van der Waals surface area contributed by atoms with Crippen LogP contribution in [0.5, 0.6) is 0 Å². The van der Waals surface area contributed by atoms with Gasteiger partial charge in [0.2, 0.25) is 5.91 Å². The molecule has 21 heavy (non-hydrogen) atoms. The van der Waals surface area contributed by atoms with Crippen molar-refractivity contribution in [1.29, 1.82) is 0 Å². The summed E-state index contributed by atoms with van der Waals surface area (Å²) in [5.74, 6) is 1.75. The van der Waals surface area contributed by atoms with Crippen LogP contribution in [0.4, 0.5) is 0 Å². The van der Waals surface area contributed by atoms with Crippen LogP contribution in [0.2, 0.25) is 0 Å². The van der Waals surface area contributed by atoms with E-state index in [2.05, 4.69) is 5.32 Å². The van der Waals surface area contributed by atoms with Crippen molar-refractivity contribution in [2.45, 2.75) is 46.6 Å². The number of carbonyl (C=O) groups excluding carboxylic acids is 1. The summed E-state index contributed by atoms with van der Waals surface area (Å²) in [5, 5.41) is 3.01. The van der Waals surface area contributed by atoms with Gasteiger partial charge in [0.05, 0.1) is 5.41 Å². The van der Waals surface area contributed by atoms with Gasteiger partial charge >= 0.3 is 0 Å². The molecule has 2 rings (SSSR count). The zero-order valence-corrected chi connectivity index (χ0v) is 13.4. The maximum atomic E-state index is 12.5. The summed E-state index contributed by atoms with van der Waals surface area (Å²) in [4.78, 5) is 12.5. The number of rotatable bonds is 4. The molecule has 0 saturated carbocycles. The minimum absolute atomic E-state index is 0.0182. The van der Waals surface area contributed by atoms with Gasteiger partial charge in [-0.3, -0.25) is 4.79 Å². The third-order valence-corrected chi connectivity index (χ3v) is 3.92. The Morgan fingerprint density at radius 1 is 1.14 bits per heavy atom. The van der Waals surface area contributed by atoms with Crippen LogP contribution < -0.4 is 5.32 Å². The van der Waals surface area contributed by atoms with Gasteiger partial charge in [0.1, 0.15) is 11.5 Å². The Balaban J connectivity index is 2.08. The lowest BCUT2D eigenvalue weighted by molar-refractivity contribution is -0.125. The van der Waals surface area contributed by atoms with E-state index in [0.717, 1.165) is 22.6 Å². The molecule has 112 valence electrons. The van der Waals surface area contributed by atoms with Crippen molar-refractivity contribution < 1.29 is 9.21 Å². The van der Waals surface area contributed by atoms with Gasteiger partial charge in [-0.2, -0.15) is 0 Å². The molecule has 3 nitrogen and oxygen atoms in total. The monoisotopic (exact) mass is 285 g/mol. The van der Waals surface area contributed by atoms with Gasteiger partial charge in [0.25, 0.3) is 0 Å². The Morgan fingerprint density at radius 3 is 2.29 bits per heavy atom. The van der Waals surface area contributed by atoms with Crippen molar-refractivity contribution in [2.75, 3.05) is 0 Å². The number of nitrogens with one attached hydrogen (secondary N) is 1. The molecule has 1 N–H and O–H groups in total. The molecule has 0 aliphatic rings. The standard InChI is InChI=1S/C18H23NO2/c1-12-6-8-16(9-7-12)18(4,5)17(20)19-11-15-10-13(2)21-14(15)3/h6-10H,11H2,1-5H3,(H,19,20). The predicted octanol–water partition coefficient (Wildman–Crippen LogP) is 3.80. The molecular weight excluding hydrogens is 262 g/mol. The summed E-state index contributed by atoms with van der Waals surface area (Å²) in [6.45, 7) is 10.3. The number of amides is 1. The second-order valence-corrected chi connectivity index (χ2v) is 6.11. The molecule has 1 amide bonds. The van der Waals surface area contributed by atoms with Crippen LogP contribution in [0, 0.1) is 20.8 Å². The van der Waals surface area contributed by atoms with E-state index in [4.69, 9.17) is 4.42 Å². The van der Waals surface area contributed by atoms with Crippen LogP contribution in [0.25, 0.3) is 0 Å². The molecule has 0 aliphatic carbocycles. The summed E-state index contributed by atoms with van der Waals surface area (Å²) in [6, 6.07) is 10.1. The fourth-order valence-corrected chi connectivity index (χ4v) is 2.36. The number of benzene rings is 1. The molecule has 0 bridgehead atoms. The van der Waals surface area contributed by atoms with E-state index < -0.39 is 5.41 Å². The smallest absolute Gasteiger partial charge is 0.230 e. The zero-order valence-electron chi connectivity index (χ0n) is 13.4. The Kier molecular flexibility index (Phi) is 4.21. The lowest BCUT2D eigenvalue weighted by Gasteiger charge is -2.24.